The molecule has 0 aliphatic rings. The molecule has 0 saturated heterocycles. The van der Waals surface area contributed by atoms with Gasteiger partial charge in [-0.25, -0.2) is 15.0 Å². The van der Waals surface area contributed by atoms with Crippen LogP contribution in [-0.4, -0.2) is 19.5 Å². The third-order valence-electron chi connectivity index (χ3n) is 8.62. The summed E-state index contributed by atoms with van der Waals surface area (Å²) < 4.78 is 122. The molecule has 0 spiro atoms. The minimum absolute atomic E-state index is 0.0653. The van der Waals surface area contributed by atoms with Crippen LogP contribution in [0.5, 0.6) is 0 Å². The van der Waals surface area contributed by atoms with Crippen LogP contribution < -0.4 is 0 Å². The van der Waals surface area contributed by atoms with Gasteiger partial charge in [0, 0.05) is 43.8 Å². The topological polar surface area (TPSA) is 56.7 Å². The lowest BCUT2D eigenvalue weighted by Gasteiger charge is -2.16. The molecule has 0 bridgehead atoms. The van der Waals surface area contributed by atoms with E-state index < -0.39 is 78.6 Å². The highest BCUT2D eigenvalue weighted by Gasteiger charge is 2.21. The first kappa shape index (κ1) is 18.1. The van der Waals surface area contributed by atoms with Crippen LogP contribution in [0.1, 0.15) is 17.8 Å². The Balaban J connectivity index is 1.39. The quantitative estimate of drug-likeness (QED) is 0.185. The Morgan fingerprint density at radius 2 is 1.10 bits per heavy atom. The van der Waals surface area contributed by atoms with Gasteiger partial charge in [0.2, 0.25) is 0 Å². The summed E-state index contributed by atoms with van der Waals surface area (Å²) in [4.78, 5) is 14.3. The fourth-order valence-electron chi connectivity index (χ4n) is 6.40. The molecule has 5 heteroatoms. The Labute approximate surface area is 306 Å². The summed E-state index contributed by atoms with van der Waals surface area (Å²) in [7, 11) is 0. The maximum absolute atomic E-state index is 9.28. The molecule has 10 rings (SSSR count). The van der Waals surface area contributed by atoms with Gasteiger partial charge >= 0.3 is 0 Å². The van der Waals surface area contributed by atoms with Crippen LogP contribution in [0.3, 0.4) is 0 Å². The molecule has 7 aromatic carbocycles. The van der Waals surface area contributed by atoms with Gasteiger partial charge in [0.05, 0.1) is 34.5 Å². The largest absolute Gasteiger partial charge is 0.455 e. The van der Waals surface area contributed by atoms with Crippen LogP contribution >= 0.6 is 0 Å². The van der Waals surface area contributed by atoms with Crippen molar-refractivity contribution in [1.29, 1.82) is 0 Å². The third-order valence-corrected chi connectivity index (χ3v) is 8.62. The van der Waals surface area contributed by atoms with Crippen LogP contribution in [0.15, 0.2) is 174 Å². The van der Waals surface area contributed by atoms with Crippen LogP contribution in [0.2, 0.25) is 0 Å². The van der Waals surface area contributed by atoms with Gasteiger partial charge in [-0.05, 0) is 35.8 Å². The van der Waals surface area contributed by atoms with Crippen LogP contribution in [-0.2, 0) is 0 Å². The van der Waals surface area contributed by atoms with E-state index in [1.165, 1.54) is 4.57 Å². The fourth-order valence-corrected chi connectivity index (χ4v) is 6.40. The maximum Gasteiger partial charge on any atom is 0.166 e. The summed E-state index contributed by atoms with van der Waals surface area (Å²) in [6.07, 6.45) is 0. The SMILES string of the molecule is [2H]c1c([2H])c([2H])c(-c2nc(-c3ccccc3)nc(-c3ccc(-c4cccc5c4oc4ccccc45)cc3-n3c4c([2H])c([2H])c([2H])c([2H])c4c4c([2H])c([2H])c([2H])c([2H])c43)n2)c([2H])c1[2H]. The van der Waals surface area contributed by atoms with E-state index in [4.69, 9.17) is 29.5 Å². The van der Waals surface area contributed by atoms with E-state index in [9.17, 15) is 2.74 Å². The first-order valence-electron chi connectivity index (χ1n) is 22.1. The molecule has 0 aliphatic heterocycles. The number of para-hydroxylation sites is 4. The minimum atomic E-state index is -0.607. The van der Waals surface area contributed by atoms with Crippen molar-refractivity contribution in [2.24, 2.45) is 0 Å². The highest BCUT2D eigenvalue weighted by Crippen LogP contribution is 2.41. The van der Waals surface area contributed by atoms with Crippen molar-refractivity contribution < 1.29 is 22.2 Å². The molecular formula is C45H28N4O. The highest BCUT2D eigenvalue weighted by atomic mass is 16.3. The standard InChI is InChI=1S/C45H28N4O/c1-3-14-29(15-4-1)43-46-44(30-16-5-2-6-17-30)48-45(47-43)37-27-26-31(32-21-13-22-36-35-20-9-12-25-41(35)50-42(32)36)28-40(37)49-38-23-10-7-18-33(38)34-19-8-11-24-39(34)49/h1-28H/i1D,3D,4D,7D,8D,10D,11D,14D,15D,18D,19D,23D,24D. The zero-order chi connectivity index (χ0) is 44.3. The predicted molar refractivity (Wildman–Crippen MR) is 203 cm³/mol. The van der Waals surface area contributed by atoms with Gasteiger partial charge in [-0.2, -0.15) is 0 Å². The molecule has 0 atom stereocenters. The zero-order valence-corrected chi connectivity index (χ0v) is 25.9. The highest BCUT2D eigenvalue weighted by molar-refractivity contribution is 6.11. The molecule has 10 aromatic rings. The summed E-state index contributed by atoms with van der Waals surface area (Å²) in [5.74, 6) is -0.287. The first-order chi connectivity index (χ1) is 30.2. The molecular weight excluding hydrogens is 613 g/mol. The Bertz CT molecular complexity index is 3520. The first-order valence-corrected chi connectivity index (χ1v) is 15.6. The van der Waals surface area contributed by atoms with Crippen molar-refractivity contribution in [3.8, 4) is 51.0 Å². The van der Waals surface area contributed by atoms with Crippen molar-refractivity contribution in [3.63, 3.8) is 0 Å². The normalized spacial score (nSPS) is 15.2. The number of hydrogen-bond donors (Lipinski definition) is 0. The van der Waals surface area contributed by atoms with Gasteiger partial charge in [0.25, 0.3) is 0 Å². The summed E-state index contributed by atoms with van der Waals surface area (Å²) >= 11 is 0. The van der Waals surface area contributed by atoms with Crippen molar-refractivity contribution in [2.75, 3.05) is 0 Å². The number of fused-ring (bicyclic) bond motifs is 6. The van der Waals surface area contributed by atoms with E-state index in [-0.39, 0.29) is 56.1 Å². The molecule has 3 aromatic heterocycles. The number of hydrogen-bond acceptors (Lipinski definition) is 4. The minimum Gasteiger partial charge on any atom is -0.455 e. The third kappa shape index (κ3) is 4.52. The lowest BCUT2D eigenvalue weighted by molar-refractivity contribution is 0.670. The van der Waals surface area contributed by atoms with E-state index in [0.29, 0.717) is 27.9 Å². The fraction of sp³-hybridized carbons (Fsp3) is 0. The summed E-state index contributed by atoms with van der Waals surface area (Å²) in [5.41, 5.74) is 2.54. The Hall–Kier alpha value is -6.85. The molecule has 0 saturated carbocycles. The van der Waals surface area contributed by atoms with Gasteiger partial charge in [-0.1, -0.05) is 139 Å². The van der Waals surface area contributed by atoms with Gasteiger partial charge in [-0.3, -0.25) is 0 Å². The Morgan fingerprint density at radius 3 is 1.88 bits per heavy atom. The number of benzene rings is 7. The van der Waals surface area contributed by atoms with Crippen LogP contribution in [0, 0.1) is 0 Å². The molecule has 50 heavy (non-hydrogen) atoms. The monoisotopic (exact) mass is 653 g/mol. The molecule has 5 nitrogen and oxygen atoms in total. The van der Waals surface area contributed by atoms with E-state index in [2.05, 4.69) is 4.98 Å². The molecule has 234 valence electrons. The van der Waals surface area contributed by atoms with Crippen LogP contribution in [0.25, 0.3) is 94.7 Å². The average molecular weight is 654 g/mol. The number of furan rings is 1. The van der Waals surface area contributed by atoms with Crippen molar-refractivity contribution in [1.82, 2.24) is 19.5 Å². The summed E-state index contributed by atoms with van der Waals surface area (Å²) in [6, 6.07) is 19.6. The predicted octanol–water partition coefficient (Wildman–Crippen LogP) is 11.5. The van der Waals surface area contributed by atoms with E-state index in [1.807, 2.05) is 42.5 Å². The van der Waals surface area contributed by atoms with Gasteiger partial charge in [-0.15, -0.1) is 0 Å². The Morgan fingerprint density at radius 1 is 0.460 bits per heavy atom. The maximum atomic E-state index is 9.28. The summed E-state index contributed by atoms with van der Waals surface area (Å²) in [5, 5.41) is 1.42. The number of aromatic nitrogens is 4. The molecule has 0 fully saturated rings. The second-order valence-electron chi connectivity index (χ2n) is 11.5. The van der Waals surface area contributed by atoms with Gasteiger partial charge in [0.15, 0.2) is 17.5 Å². The average Bonchev–Trinajstić information content (AvgIpc) is 3.87. The molecule has 0 aliphatic carbocycles. The summed E-state index contributed by atoms with van der Waals surface area (Å²) in [6.45, 7) is 0. The van der Waals surface area contributed by atoms with Crippen molar-refractivity contribution in [2.45, 2.75) is 0 Å². The van der Waals surface area contributed by atoms with Crippen molar-refractivity contribution in [3.05, 3.63) is 170 Å². The second-order valence-corrected chi connectivity index (χ2v) is 11.5. The smallest absolute Gasteiger partial charge is 0.166 e. The molecule has 0 radical (unpaired) electrons. The number of rotatable bonds is 5. The van der Waals surface area contributed by atoms with Crippen LogP contribution in [0.4, 0.5) is 0 Å². The molecule has 3 heterocycles. The van der Waals surface area contributed by atoms with Gasteiger partial charge < -0.3 is 8.98 Å². The van der Waals surface area contributed by atoms with E-state index in [1.54, 1.807) is 48.5 Å². The lowest BCUT2D eigenvalue weighted by Crippen LogP contribution is -2.04. The molecule has 0 N–H and O–H groups in total. The Kier molecular flexibility index (Phi) is 4.12. The zero-order valence-electron chi connectivity index (χ0n) is 38.9. The lowest BCUT2D eigenvalue weighted by atomic mass is 9.99. The molecule has 0 unspecified atom stereocenters. The van der Waals surface area contributed by atoms with Crippen molar-refractivity contribution >= 4 is 43.7 Å². The molecule has 0 amide bonds. The number of nitrogens with zero attached hydrogens (tertiary/aromatic N) is 4. The van der Waals surface area contributed by atoms with E-state index in [0.717, 1.165) is 10.8 Å². The van der Waals surface area contributed by atoms with Gasteiger partial charge in [0.1, 0.15) is 11.2 Å². The van der Waals surface area contributed by atoms with E-state index >= 15 is 0 Å². The second kappa shape index (κ2) is 11.4.